The summed E-state index contributed by atoms with van der Waals surface area (Å²) in [4.78, 5) is 11.9. The molecule has 3 atom stereocenters. The molecule has 1 aromatic carbocycles. The average Bonchev–Trinajstić information content (AvgIpc) is 2.51. The van der Waals surface area contributed by atoms with Gasteiger partial charge in [0.2, 0.25) is 0 Å². The van der Waals surface area contributed by atoms with Crippen molar-refractivity contribution in [3.8, 4) is 5.75 Å². The first-order valence-electron chi connectivity index (χ1n) is 8.09. The Morgan fingerprint density at radius 3 is 2.50 bits per heavy atom. The van der Waals surface area contributed by atoms with Crippen molar-refractivity contribution in [3.05, 3.63) is 42.5 Å². The zero-order valence-corrected chi connectivity index (χ0v) is 14.8. The number of rotatable bonds is 6. The van der Waals surface area contributed by atoms with Crippen LogP contribution in [0.15, 0.2) is 36.9 Å². The normalized spacial score (nSPS) is 23.1. The lowest BCUT2D eigenvalue weighted by Crippen LogP contribution is -2.50. The van der Waals surface area contributed by atoms with E-state index in [9.17, 15) is 4.79 Å². The Balaban J connectivity index is 1.87. The highest BCUT2D eigenvalue weighted by atomic mass is 16.7. The summed E-state index contributed by atoms with van der Waals surface area (Å²) in [5.41, 5.74) is 0.457. The minimum Gasteiger partial charge on any atom is -0.497 e. The number of hydrogen-bond donors (Lipinski definition) is 0. The fourth-order valence-corrected chi connectivity index (χ4v) is 2.48. The van der Waals surface area contributed by atoms with Crippen LogP contribution in [0, 0.1) is 5.92 Å². The van der Waals surface area contributed by atoms with Gasteiger partial charge in [0, 0.05) is 5.92 Å². The molecule has 1 saturated carbocycles. The molecule has 1 fully saturated rings. The lowest BCUT2D eigenvalue weighted by molar-refractivity contribution is -0.148. The molecule has 0 spiro atoms. The summed E-state index contributed by atoms with van der Waals surface area (Å²) in [7, 11) is 1.63. The van der Waals surface area contributed by atoms with E-state index in [0.717, 1.165) is 17.7 Å². The minimum atomic E-state index is -0.669. The predicted octanol–water partition coefficient (Wildman–Crippen LogP) is 4.11. The number of carbonyl (C=O) groups is 1. The maximum absolute atomic E-state index is 11.9. The summed E-state index contributed by atoms with van der Waals surface area (Å²) >= 11 is 0. The number of hydrogen-bond acceptors (Lipinski definition) is 5. The van der Waals surface area contributed by atoms with Gasteiger partial charge in [-0.25, -0.2) is 4.79 Å². The van der Waals surface area contributed by atoms with E-state index in [1.807, 2.05) is 24.3 Å². The third kappa shape index (κ3) is 4.99. The van der Waals surface area contributed by atoms with E-state index >= 15 is 0 Å². The zero-order chi connectivity index (χ0) is 17.7. The van der Waals surface area contributed by atoms with Gasteiger partial charge < -0.3 is 18.9 Å². The Bertz CT molecular complexity index is 558. The van der Waals surface area contributed by atoms with E-state index in [2.05, 4.69) is 6.58 Å². The SMILES string of the molecule is C=C[C@@H]1C[C@@H](OCc2ccc(OC)cc2)[C@H]1OC(=O)OC(C)(C)C. The maximum atomic E-state index is 11.9. The van der Waals surface area contributed by atoms with Crippen molar-refractivity contribution >= 4 is 6.16 Å². The van der Waals surface area contributed by atoms with Crippen molar-refractivity contribution in [2.24, 2.45) is 5.92 Å². The van der Waals surface area contributed by atoms with Crippen LogP contribution in [0.4, 0.5) is 4.79 Å². The van der Waals surface area contributed by atoms with E-state index in [1.165, 1.54) is 0 Å². The van der Waals surface area contributed by atoms with Crippen molar-refractivity contribution in [1.29, 1.82) is 0 Å². The highest BCUT2D eigenvalue weighted by Gasteiger charge is 2.44. The van der Waals surface area contributed by atoms with Crippen LogP contribution in [0.5, 0.6) is 5.75 Å². The monoisotopic (exact) mass is 334 g/mol. The number of carbonyl (C=O) groups excluding carboxylic acids is 1. The lowest BCUT2D eigenvalue weighted by atomic mass is 9.79. The molecule has 5 nitrogen and oxygen atoms in total. The predicted molar refractivity (Wildman–Crippen MR) is 91.0 cm³/mol. The molecule has 2 rings (SSSR count). The largest absolute Gasteiger partial charge is 0.509 e. The van der Waals surface area contributed by atoms with Gasteiger partial charge in [0.05, 0.1) is 19.8 Å². The van der Waals surface area contributed by atoms with Crippen LogP contribution in [-0.4, -0.2) is 31.1 Å². The number of ether oxygens (including phenoxy) is 4. The second-order valence-corrected chi connectivity index (χ2v) is 6.88. The van der Waals surface area contributed by atoms with Gasteiger partial charge >= 0.3 is 6.16 Å². The van der Waals surface area contributed by atoms with E-state index in [4.69, 9.17) is 18.9 Å². The van der Waals surface area contributed by atoms with Crippen LogP contribution < -0.4 is 4.74 Å². The Kier molecular flexibility index (Phi) is 5.89. The van der Waals surface area contributed by atoms with Crippen LogP contribution in [0.3, 0.4) is 0 Å². The van der Waals surface area contributed by atoms with Crippen molar-refractivity contribution in [2.45, 2.75) is 51.6 Å². The molecule has 0 N–H and O–H groups in total. The van der Waals surface area contributed by atoms with Crippen LogP contribution in [0.25, 0.3) is 0 Å². The Morgan fingerprint density at radius 2 is 1.96 bits per heavy atom. The van der Waals surface area contributed by atoms with Crippen LogP contribution in [0.2, 0.25) is 0 Å². The highest BCUT2D eigenvalue weighted by Crippen LogP contribution is 2.35. The van der Waals surface area contributed by atoms with Gasteiger partial charge in [0.1, 0.15) is 17.5 Å². The molecular formula is C19H26O5. The molecule has 0 radical (unpaired) electrons. The molecule has 1 aliphatic rings. The molecule has 24 heavy (non-hydrogen) atoms. The summed E-state index contributed by atoms with van der Waals surface area (Å²) in [6, 6.07) is 7.68. The van der Waals surface area contributed by atoms with E-state index < -0.39 is 11.8 Å². The van der Waals surface area contributed by atoms with Crippen molar-refractivity contribution in [2.75, 3.05) is 7.11 Å². The molecular weight excluding hydrogens is 308 g/mol. The fraction of sp³-hybridized carbons (Fsp3) is 0.526. The second-order valence-electron chi connectivity index (χ2n) is 6.88. The smallest absolute Gasteiger partial charge is 0.497 e. The summed E-state index contributed by atoms with van der Waals surface area (Å²) < 4.78 is 21.7. The van der Waals surface area contributed by atoms with Gasteiger partial charge in [-0.15, -0.1) is 6.58 Å². The Hall–Kier alpha value is -2.01. The van der Waals surface area contributed by atoms with Gasteiger partial charge in [-0.2, -0.15) is 0 Å². The molecule has 0 amide bonds. The first kappa shape index (κ1) is 18.3. The number of benzene rings is 1. The van der Waals surface area contributed by atoms with E-state index in [1.54, 1.807) is 34.0 Å². The van der Waals surface area contributed by atoms with Gasteiger partial charge in [-0.1, -0.05) is 18.2 Å². The standard InChI is InChI=1S/C19H26O5/c1-6-14-11-16(17(14)23-18(20)24-19(2,3)4)22-12-13-7-9-15(21-5)10-8-13/h6-10,14,16-17H,1,11-12H2,2-5H3/t14-,16-,17+/m1/s1. The molecule has 0 aromatic heterocycles. The van der Waals surface area contributed by atoms with Gasteiger partial charge in [0.25, 0.3) is 0 Å². The van der Waals surface area contributed by atoms with Crippen LogP contribution in [0.1, 0.15) is 32.8 Å². The third-order valence-corrected chi connectivity index (χ3v) is 3.84. The maximum Gasteiger partial charge on any atom is 0.509 e. The molecule has 0 heterocycles. The van der Waals surface area contributed by atoms with Gasteiger partial charge in [0.15, 0.2) is 0 Å². The molecule has 1 aliphatic carbocycles. The van der Waals surface area contributed by atoms with Crippen LogP contribution >= 0.6 is 0 Å². The molecule has 5 heteroatoms. The third-order valence-electron chi connectivity index (χ3n) is 3.84. The molecule has 0 aliphatic heterocycles. The second kappa shape index (κ2) is 7.71. The van der Waals surface area contributed by atoms with Crippen molar-refractivity contribution < 1.29 is 23.7 Å². The van der Waals surface area contributed by atoms with E-state index in [0.29, 0.717) is 6.61 Å². The summed E-state index contributed by atoms with van der Waals surface area (Å²) in [6.07, 6.45) is 1.41. The molecule has 0 saturated heterocycles. The zero-order valence-electron chi connectivity index (χ0n) is 14.8. The van der Waals surface area contributed by atoms with Gasteiger partial charge in [-0.3, -0.25) is 0 Å². The summed E-state index contributed by atoms with van der Waals surface area (Å²) in [6.45, 7) is 9.65. The molecule has 1 aromatic rings. The average molecular weight is 334 g/mol. The summed E-state index contributed by atoms with van der Waals surface area (Å²) in [5, 5.41) is 0. The Morgan fingerprint density at radius 1 is 1.29 bits per heavy atom. The minimum absolute atomic E-state index is 0.0957. The molecule has 132 valence electrons. The first-order valence-corrected chi connectivity index (χ1v) is 8.09. The van der Waals surface area contributed by atoms with Crippen LogP contribution in [-0.2, 0) is 20.8 Å². The molecule has 0 unspecified atom stereocenters. The lowest BCUT2D eigenvalue weighted by Gasteiger charge is -2.41. The van der Waals surface area contributed by atoms with E-state index in [-0.39, 0.29) is 18.1 Å². The fourth-order valence-electron chi connectivity index (χ4n) is 2.48. The quantitative estimate of drug-likeness (QED) is 0.579. The highest BCUT2D eigenvalue weighted by molar-refractivity contribution is 5.61. The Labute approximate surface area is 143 Å². The van der Waals surface area contributed by atoms with Crippen molar-refractivity contribution in [1.82, 2.24) is 0 Å². The van der Waals surface area contributed by atoms with Gasteiger partial charge in [-0.05, 0) is 44.9 Å². The molecule has 0 bridgehead atoms. The first-order chi connectivity index (χ1) is 11.3. The number of methoxy groups -OCH3 is 1. The topological polar surface area (TPSA) is 54.0 Å². The summed E-state index contributed by atoms with van der Waals surface area (Å²) in [5.74, 6) is 0.902. The van der Waals surface area contributed by atoms with Crippen molar-refractivity contribution in [3.63, 3.8) is 0 Å².